The third kappa shape index (κ3) is 3.81. The molecular formula is C15H21NO3. The Morgan fingerprint density at radius 3 is 2.32 bits per heavy atom. The highest BCUT2D eigenvalue weighted by molar-refractivity contribution is 5.90. The molecule has 0 radical (unpaired) electrons. The number of carboxylic acids is 1. The zero-order chi connectivity index (χ0) is 14.5. The summed E-state index contributed by atoms with van der Waals surface area (Å²) in [5.41, 5.74) is 0.121. The maximum atomic E-state index is 12.3. The lowest BCUT2D eigenvalue weighted by Crippen LogP contribution is -2.48. The zero-order valence-electron chi connectivity index (χ0n) is 11.6. The molecule has 0 bridgehead atoms. The number of carboxylic acid groups (broad SMARTS) is 1. The van der Waals surface area contributed by atoms with Gasteiger partial charge in [0.05, 0.1) is 5.41 Å². The summed E-state index contributed by atoms with van der Waals surface area (Å²) in [6, 6.07) is 8.54. The normalized spacial score (nSPS) is 12.8. The smallest absolute Gasteiger partial charge is 0.326 e. The molecule has 1 aromatic carbocycles. The molecule has 0 fully saturated rings. The van der Waals surface area contributed by atoms with Gasteiger partial charge in [-0.25, -0.2) is 4.79 Å². The van der Waals surface area contributed by atoms with E-state index in [1.165, 1.54) is 0 Å². The molecule has 0 unspecified atom stereocenters. The fourth-order valence-electron chi connectivity index (χ4n) is 1.87. The van der Waals surface area contributed by atoms with Gasteiger partial charge in [-0.15, -0.1) is 0 Å². The van der Waals surface area contributed by atoms with Crippen molar-refractivity contribution in [3.05, 3.63) is 35.9 Å². The van der Waals surface area contributed by atoms with E-state index in [2.05, 4.69) is 5.32 Å². The van der Waals surface area contributed by atoms with Gasteiger partial charge >= 0.3 is 5.97 Å². The van der Waals surface area contributed by atoms with E-state index in [1.54, 1.807) is 13.8 Å². The minimum absolute atomic E-state index is 0.264. The highest BCUT2D eigenvalue weighted by atomic mass is 16.4. The fourth-order valence-corrected chi connectivity index (χ4v) is 1.87. The van der Waals surface area contributed by atoms with E-state index in [0.29, 0.717) is 12.8 Å². The largest absolute Gasteiger partial charge is 0.480 e. The Kier molecular flexibility index (Phi) is 5.10. The van der Waals surface area contributed by atoms with Crippen molar-refractivity contribution in [1.29, 1.82) is 0 Å². The number of nitrogens with one attached hydrogen (secondary N) is 1. The van der Waals surface area contributed by atoms with Gasteiger partial charge in [0.15, 0.2) is 0 Å². The Hall–Kier alpha value is -1.84. The van der Waals surface area contributed by atoms with E-state index >= 15 is 0 Å². The van der Waals surface area contributed by atoms with Gasteiger partial charge in [0.25, 0.3) is 0 Å². The van der Waals surface area contributed by atoms with Crippen LogP contribution in [-0.4, -0.2) is 23.0 Å². The van der Waals surface area contributed by atoms with Crippen LogP contribution < -0.4 is 5.32 Å². The molecule has 0 spiro atoms. The molecule has 2 N–H and O–H groups in total. The Labute approximate surface area is 113 Å². The molecular weight excluding hydrogens is 242 g/mol. The lowest BCUT2D eigenvalue weighted by atomic mass is 9.83. The van der Waals surface area contributed by atoms with Gasteiger partial charge in [-0.05, 0) is 25.8 Å². The van der Waals surface area contributed by atoms with E-state index in [4.69, 9.17) is 5.11 Å². The molecule has 0 aliphatic rings. The van der Waals surface area contributed by atoms with Crippen molar-refractivity contribution in [1.82, 2.24) is 5.32 Å². The van der Waals surface area contributed by atoms with Crippen LogP contribution in [0.5, 0.6) is 0 Å². The van der Waals surface area contributed by atoms with E-state index in [9.17, 15) is 9.59 Å². The molecule has 4 nitrogen and oxygen atoms in total. The first-order chi connectivity index (χ1) is 8.89. The van der Waals surface area contributed by atoms with Crippen LogP contribution >= 0.6 is 0 Å². The van der Waals surface area contributed by atoms with Gasteiger partial charge in [-0.3, -0.25) is 4.79 Å². The third-order valence-corrected chi connectivity index (χ3v) is 3.24. The van der Waals surface area contributed by atoms with E-state index in [0.717, 1.165) is 5.56 Å². The number of hydrogen-bond acceptors (Lipinski definition) is 2. The topological polar surface area (TPSA) is 66.4 Å². The lowest BCUT2D eigenvalue weighted by molar-refractivity contribution is -0.142. The van der Waals surface area contributed by atoms with Gasteiger partial charge in [0.2, 0.25) is 5.91 Å². The Balaban J connectivity index is 2.84. The second-order valence-electron chi connectivity index (χ2n) is 5.14. The Morgan fingerprint density at radius 2 is 1.84 bits per heavy atom. The van der Waals surface area contributed by atoms with Crippen LogP contribution in [-0.2, 0) is 15.0 Å². The number of amides is 1. The molecule has 0 aromatic heterocycles. The average molecular weight is 263 g/mol. The molecule has 0 saturated heterocycles. The number of hydrogen-bond donors (Lipinski definition) is 2. The molecule has 1 atom stereocenters. The van der Waals surface area contributed by atoms with Crippen molar-refractivity contribution in [3.8, 4) is 0 Å². The van der Waals surface area contributed by atoms with Crippen LogP contribution in [0.1, 0.15) is 39.2 Å². The van der Waals surface area contributed by atoms with E-state index in [1.807, 2.05) is 37.3 Å². The van der Waals surface area contributed by atoms with E-state index in [-0.39, 0.29) is 5.91 Å². The minimum atomic E-state index is -0.987. The Bertz CT molecular complexity index is 440. The van der Waals surface area contributed by atoms with Crippen LogP contribution in [0, 0.1) is 0 Å². The van der Waals surface area contributed by atoms with Gasteiger partial charge in [0, 0.05) is 0 Å². The van der Waals surface area contributed by atoms with Crippen LogP contribution in [0.3, 0.4) is 0 Å². The molecule has 1 amide bonds. The maximum absolute atomic E-state index is 12.3. The molecule has 104 valence electrons. The molecule has 0 aliphatic carbocycles. The molecule has 4 heteroatoms. The fraction of sp³-hybridized carbons (Fsp3) is 0.467. The minimum Gasteiger partial charge on any atom is -0.480 e. The van der Waals surface area contributed by atoms with Crippen molar-refractivity contribution in [2.24, 2.45) is 0 Å². The highest BCUT2D eigenvalue weighted by Gasteiger charge is 2.32. The second-order valence-corrected chi connectivity index (χ2v) is 5.14. The first-order valence-corrected chi connectivity index (χ1v) is 6.49. The average Bonchev–Trinajstić information content (AvgIpc) is 2.38. The summed E-state index contributed by atoms with van der Waals surface area (Å²) in [5, 5.41) is 11.7. The van der Waals surface area contributed by atoms with Crippen molar-refractivity contribution >= 4 is 11.9 Å². The van der Waals surface area contributed by atoms with Gasteiger partial charge < -0.3 is 10.4 Å². The molecule has 0 aliphatic heterocycles. The van der Waals surface area contributed by atoms with Crippen LogP contribution in [0.25, 0.3) is 0 Å². The number of carbonyl (C=O) groups is 2. The molecule has 0 saturated carbocycles. The second kappa shape index (κ2) is 6.36. The van der Waals surface area contributed by atoms with Crippen molar-refractivity contribution in [3.63, 3.8) is 0 Å². The Morgan fingerprint density at radius 1 is 1.26 bits per heavy atom. The number of benzene rings is 1. The summed E-state index contributed by atoms with van der Waals surface area (Å²) in [6.07, 6.45) is 1.15. The van der Waals surface area contributed by atoms with Crippen molar-refractivity contribution < 1.29 is 14.7 Å². The lowest BCUT2D eigenvalue weighted by Gasteiger charge is -2.26. The summed E-state index contributed by atoms with van der Waals surface area (Å²) in [5.74, 6) is -1.25. The summed E-state index contributed by atoms with van der Waals surface area (Å²) < 4.78 is 0. The SMILES string of the molecule is CCC[C@H](NC(=O)C(C)(C)c1ccccc1)C(=O)O. The standard InChI is InChI=1S/C15H21NO3/c1-4-8-12(13(17)18)16-14(19)15(2,3)11-9-6-5-7-10-11/h5-7,9-10,12H,4,8H2,1-3H3,(H,16,19)(H,17,18)/t12-/m0/s1. The molecule has 1 rings (SSSR count). The van der Waals surface area contributed by atoms with Crippen molar-refractivity contribution in [2.75, 3.05) is 0 Å². The number of aliphatic carboxylic acids is 1. The van der Waals surface area contributed by atoms with Crippen LogP contribution in [0.15, 0.2) is 30.3 Å². The highest BCUT2D eigenvalue weighted by Crippen LogP contribution is 2.23. The van der Waals surface area contributed by atoms with E-state index < -0.39 is 17.4 Å². The maximum Gasteiger partial charge on any atom is 0.326 e. The van der Waals surface area contributed by atoms with Crippen molar-refractivity contribution in [2.45, 2.75) is 45.1 Å². The quantitative estimate of drug-likeness (QED) is 0.827. The summed E-state index contributed by atoms with van der Waals surface area (Å²) in [7, 11) is 0. The first-order valence-electron chi connectivity index (χ1n) is 6.49. The zero-order valence-corrected chi connectivity index (χ0v) is 11.6. The molecule has 19 heavy (non-hydrogen) atoms. The predicted octanol–water partition coefficient (Wildman–Crippen LogP) is 2.33. The van der Waals surface area contributed by atoms with Crippen LogP contribution in [0.2, 0.25) is 0 Å². The number of carbonyl (C=O) groups excluding carboxylic acids is 1. The molecule has 1 aromatic rings. The summed E-state index contributed by atoms with van der Waals surface area (Å²) >= 11 is 0. The van der Waals surface area contributed by atoms with Gasteiger partial charge in [-0.1, -0.05) is 43.7 Å². The number of rotatable bonds is 6. The van der Waals surface area contributed by atoms with Gasteiger partial charge in [0.1, 0.15) is 6.04 Å². The third-order valence-electron chi connectivity index (χ3n) is 3.24. The molecule has 0 heterocycles. The predicted molar refractivity (Wildman–Crippen MR) is 73.9 cm³/mol. The summed E-state index contributed by atoms with van der Waals surface area (Å²) in [6.45, 7) is 5.48. The van der Waals surface area contributed by atoms with Gasteiger partial charge in [-0.2, -0.15) is 0 Å². The van der Waals surface area contributed by atoms with Crippen LogP contribution in [0.4, 0.5) is 0 Å². The summed E-state index contributed by atoms with van der Waals surface area (Å²) in [4.78, 5) is 23.4. The monoisotopic (exact) mass is 263 g/mol. The first kappa shape index (κ1) is 15.2.